The molecule has 0 heterocycles. The van der Waals surface area contributed by atoms with E-state index in [0.29, 0.717) is 0 Å². The summed E-state index contributed by atoms with van der Waals surface area (Å²) in [6.07, 6.45) is 22.4. The second kappa shape index (κ2) is 11.1. The van der Waals surface area contributed by atoms with Crippen molar-refractivity contribution in [1.29, 1.82) is 0 Å². The molecule has 102 valence electrons. The van der Waals surface area contributed by atoms with E-state index in [4.69, 9.17) is 0 Å². The minimum absolute atomic E-state index is 0.989. The van der Waals surface area contributed by atoms with Gasteiger partial charge in [-0.15, -0.1) is 0 Å². The maximum absolute atomic E-state index is 2.46. The van der Waals surface area contributed by atoms with E-state index in [2.05, 4.69) is 6.92 Å². The number of hydrogen-bond donors (Lipinski definition) is 0. The molecule has 0 nitrogen and oxygen atoms in total. The third-order valence-corrected chi connectivity index (χ3v) is 4.39. The Morgan fingerprint density at radius 2 is 0.647 bits per heavy atom. The average molecular weight is 238 g/mol. The van der Waals surface area contributed by atoms with Crippen LogP contribution in [0.2, 0.25) is 0 Å². The summed E-state index contributed by atoms with van der Waals surface area (Å²) in [6.45, 7) is 2.46. The maximum Gasteiger partial charge on any atom is -0.0443 e. The van der Waals surface area contributed by atoms with E-state index in [1.165, 1.54) is 96.3 Å². The third kappa shape index (κ3) is 9.68. The lowest BCUT2D eigenvalue weighted by atomic mass is 9.95. The van der Waals surface area contributed by atoms with Crippen molar-refractivity contribution in [2.75, 3.05) is 0 Å². The summed E-state index contributed by atoms with van der Waals surface area (Å²) in [6, 6.07) is 0. The fourth-order valence-corrected chi connectivity index (χ4v) is 3.07. The van der Waals surface area contributed by atoms with E-state index < -0.39 is 0 Å². The van der Waals surface area contributed by atoms with Crippen molar-refractivity contribution >= 4 is 0 Å². The molecule has 0 aliphatic heterocycles. The summed E-state index contributed by atoms with van der Waals surface area (Å²) in [5.74, 6) is 0.989. The van der Waals surface area contributed by atoms with Gasteiger partial charge in [0.05, 0.1) is 0 Å². The molecule has 0 spiro atoms. The van der Waals surface area contributed by atoms with Crippen molar-refractivity contribution < 1.29 is 0 Å². The van der Waals surface area contributed by atoms with Gasteiger partial charge in [-0.05, 0) is 5.92 Å². The summed E-state index contributed by atoms with van der Waals surface area (Å²) in [7, 11) is 0. The van der Waals surface area contributed by atoms with Crippen molar-refractivity contribution in [3.63, 3.8) is 0 Å². The number of rotatable bonds is 0. The molecule has 0 saturated heterocycles. The first-order valence-corrected chi connectivity index (χ1v) is 8.39. The first-order chi connectivity index (χ1) is 8.39. The largest absolute Gasteiger partial charge is 0.0625 e. The second-order valence-electron chi connectivity index (χ2n) is 6.28. The van der Waals surface area contributed by atoms with Gasteiger partial charge in [-0.25, -0.2) is 0 Å². The van der Waals surface area contributed by atoms with Crippen LogP contribution in [-0.4, -0.2) is 0 Å². The summed E-state index contributed by atoms with van der Waals surface area (Å²) in [5.41, 5.74) is 0. The highest BCUT2D eigenvalue weighted by atomic mass is 14.1. The first-order valence-electron chi connectivity index (χ1n) is 8.39. The molecular weight excluding hydrogens is 204 g/mol. The summed E-state index contributed by atoms with van der Waals surface area (Å²) in [4.78, 5) is 0. The van der Waals surface area contributed by atoms with Crippen LogP contribution in [0.1, 0.15) is 103 Å². The van der Waals surface area contributed by atoms with Gasteiger partial charge < -0.3 is 0 Å². The van der Waals surface area contributed by atoms with Crippen LogP contribution in [0.4, 0.5) is 0 Å². The molecule has 17 heavy (non-hydrogen) atoms. The predicted octanol–water partition coefficient (Wildman–Crippen LogP) is 6.49. The van der Waals surface area contributed by atoms with Crippen LogP contribution in [0.25, 0.3) is 0 Å². The molecule has 0 heteroatoms. The predicted molar refractivity (Wildman–Crippen MR) is 78.4 cm³/mol. The smallest absolute Gasteiger partial charge is 0.0443 e. The van der Waals surface area contributed by atoms with Crippen molar-refractivity contribution in [3.05, 3.63) is 0 Å². The van der Waals surface area contributed by atoms with Crippen molar-refractivity contribution in [3.8, 4) is 0 Å². The molecule has 1 fully saturated rings. The quantitative estimate of drug-likeness (QED) is 0.452. The van der Waals surface area contributed by atoms with Crippen molar-refractivity contribution in [2.24, 2.45) is 5.92 Å². The highest BCUT2D eigenvalue weighted by Gasteiger charge is 2.02. The summed E-state index contributed by atoms with van der Waals surface area (Å²) >= 11 is 0. The molecule has 1 saturated carbocycles. The third-order valence-electron chi connectivity index (χ3n) is 4.39. The molecule has 0 atom stereocenters. The van der Waals surface area contributed by atoms with Crippen molar-refractivity contribution in [1.82, 2.24) is 0 Å². The molecule has 0 aromatic carbocycles. The molecule has 1 rings (SSSR count). The van der Waals surface area contributed by atoms with Gasteiger partial charge in [0.2, 0.25) is 0 Å². The van der Waals surface area contributed by atoms with Crippen LogP contribution in [0.5, 0.6) is 0 Å². The lowest BCUT2D eigenvalue weighted by molar-refractivity contribution is 0.426. The lowest BCUT2D eigenvalue weighted by Gasteiger charge is -2.11. The topological polar surface area (TPSA) is 0 Å². The molecule has 0 radical (unpaired) electrons. The van der Waals surface area contributed by atoms with Crippen molar-refractivity contribution in [2.45, 2.75) is 103 Å². The summed E-state index contributed by atoms with van der Waals surface area (Å²) < 4.78 is 0. The maximum atomic E-state index is 2.46. The van der Waals surface area contributed by atoms with Crippen LogP contribution in [-0.2, 0) is 0 Å². The SMILES string of the molecule is CC1CCCCCCCCCCCCCCC1. The zero-order chi connectivity index (χ0) is 12.2. The van der Waals surface area contributed by atoms with E-state index >= 15 is 0 Å². The molecule has 0 N–H and O–H groups in total. The Hall–Kier alpha value is 0. The highest BCUT2D eigenvalue weighted by molar-refractivity contribution is 4.56. The monoisotopic (exact) mass is 238 g/mol. The van der Waals surface area contributed by atoms with Crippen LogP contribution >= 0.6 is 0 Å². The van der Waals surface area contributed by atoms with E-state index in [1.54, 1.807) is 0 Å². The Kier molecular flexibility index (Phi) is 9.84. The van der Waals surface area contributed by atoms with Crippen LogP contribution in [0.3, 0.4) is 0 Å². The first kappa shape index (κ1) is 15.1. The van der Waals surface area contributed by atoms with Crippen LogP contribution < -0.4 is 0 Å². The molecule has 1 aliphatic rings. The molecule has 0 aromatic rings. The zero-order valence-corrected chi connectivity index (χ0v) is 12.2. The van der Waals surface area contributed by atoms with Gasteiger partial charge in [0.1, 0.15) is 0 Å². The van der Waals surface area contributed by atoms with E-state index in [9.17, 15) is 0 Å². The Morgan fingerprint density at radius 1 is 0.412 bits per heavy atom. The molecule has 0 amide bonds. The lowest BCUT2D eigenvalue weighted by Crippen LogP contribution is -1.95. The van der Waals surface area contributed by atoms with Crippen LogP contribution in [0.15, 0.2) is 0 Å². The van der Waals surface area contributed by atoms with E-state index in [1.807, 2.05) is 0 Å². The molecule has 0 unspecified atom stereocenters. The van der Waals surface area contributed by atoms with Gasteiger partial charge in [0, 0.05) is 0 Å². The van der Waals surface area contributed by atoms with E-state index in [-0.39, 0.29) is 0 Å². The molecule has 1 aliphatic carbocycles. The molecule has 0 bridgehead atoms. The Balaban J connectivity index is 2.09. The van der Waals surface area contributed by atoms with Gasteiger partial charge in [0.25, 0.3) is 0 Å². The van der Waals surface area contributed by atoms with Gasteiger partial charge in [0.15, 0.2) is 0 Å². The van der Waals surface area contributed by atoms with Gasteiger partial charge >= 0.3 is 0 Å². The Morgan fingerprint density at radius 3 is 0.941 bits per heavy atom. The average Bonchev–Trinajstić information content (AvgIpc) is 2.32. The molecular formula is C17H34. The minimum atomic E-state index is 0.989. The fourth-order valence-electron chi connectivity index (χ4n) is 3.07. The zero-order valence-electron chi connectivity index (χ0n) is 12.2. The minimum Gasteiger partial charge on any atom is -0.0625 e. The summed E-state index contributed by atoms with van der Waals surface area (Å²) in [5, 5.41) is 0. The number of hydrogen-bond acceptors (Lipinski definition) is 0. The van der Waals surface area contributed by atoms with Gasteiger partial charge in [-0.2, -0.15) is 0 Å². The standard InChI is InChI=1S/C17H34/c1-17-15-13-11-9-7-5-3-2-4-6-8-10-12-14-16-17/h17H,2-16H2,1H3. The van der Waals surface area contributed by atoms with Gasteiger partial charge in [-0.3, -0.25) is 0 Å². The van der Waals surface area contributed by atoms with Gasteiger partial charge in [-0.1, -0.05) is 103 Å². The fraction of sp³-hybridized carbons (Fsp3) is 1.00. The van der Waals surface area contributed by atoms with E-state index in [0.717, 1.165) is 5.92 Å². The Labute approximate surface area is 110 Å². The highest BCUT2D eigenvalue weighted by Crippen LogP contribution is 2.19. The second-order valence-corrected chi connectivity index (χ2v) is 6.28. The molecule has 0 aromatic heterocycles. The van der Waals surface area contributed by atoms with Crippen LogP contribution in [0, 0.1) is 5.92 Å². The normalized spacial score (nSPS) is 24.5. The Bertz CT molecular complexity index is 134.